The van der Waals surface area contributed by atoms with Gasteiger partial charge in [-0.3, -0.25) is 14.3 Å². The van der Waals surface area contributed by atoms with Gasteiger partial charge in [0, 0.05) is 12.4 Å². The third-order valence-electron chi connectivity index (χ3n) is 2.96. The van der Waals surface area contributed by atoms with Crippen molar-refractivity contribution in [3.63, 3.8) is 0 Å². The molecule has 0 saturated heterocycles. The summed E-state index contributed by atoms with van der Waals surface area (Å²) in [5.41, 5.74) is 0.766. The van der Waals surface area contributed by atoms with E-state index in [4.69, 9.17) is 0 Å². The lowest BCUT2D eigenvalue weighted by atomic mass is 10.3. The summed E-state index contributed by atoms with van der Waals surface area (Å²) in [7, 11) is 0. The number of nitrogens with one attached hydrogen (secondary N) is 1. The van der Waals surface area contributed by atoms with Gasteiger partial charge in [0.05, 0.1) is 22.4 Å². The highest BCUT2D eigenvalue weighted by Crippen LogP contribution is 2.07. The maximum absolute atomic E-state index is 11.7. The van der Waals surface area contributed by atoms with Crippen molar-refractivity contribution in [3.05, 3.63) is 79.8 Å². The minimum Gasteiger partial charge on any atom is -0.293 e. The van der Waals surface area contributed by atoms with Gasteiger partial charge in [-0.25, -0.2) is 9.48 Å². The summed E-state index contributed by atoms with van der Waals surface area (Å²) in [4.78, 5) is 25.3. The number of hydrogen-bond acceptors (Lipinski definition) is 3. The molecule has 7 heteroatoms. The summed E-state index contributed by atoms with van der Waals surface area (Å²) in [6.45, 7) is 0.286. The molecule has 3 rings (SSSR count). The van der Waals surface area contributed by atoms with E-state index >= 15 is 0 Å². The summed E-state index contributed by atoms with van der Waals surface area (Å²) >= 11 is 3.11. The molecule has 0 fully saturated rings. The van der Waals surface area contributed by atoms with Gasteiger partial charge in [-0.1, -0.05) is 18.2 Å². The van der Waals surface area contributed by atoms with Crippen LogP contribution in [0.25, 0.3) is 5.69 Å². The van der Waals surface area contributed by atoms with Gasteiger partial charge in [0.25, 0.3) is 5.56 Å². The van der Waals surface area contributed by atoms with Crippen LogP contribution in [0.15, 0.2) is 62.9 Å². The summed E-state index contributed by atoms with van der Waals surface area (Å²) in [5.74, 6) is 0. The van der Waals surface area contributed by atoms with E-state index in [1.54, 1.807) is 4.68 Å². The standard InChI is InChI=1S/C14H11BrN4O2/c15-12-9-18(14(21)16-13(12)20)8-10-6-7-19(17-10)11-4-2-1-3-5-11/h1-7,9H,8H2,(H,16,20,21). The number of halogens is 1. The molecule has 6 nitrogen and oxygen atoms in total. The smallest absolute Gasteiger partial charge is 0.293 e. The topological polar surface area (TPSA) is 72.7 Å². The molecule has 1 N–H and O–H groups in total. The fourth-order valence-corrected chi connectivity index (χ4v) is 2.29. The normalized spacial score (nSPS) is 10.7. The molecule has 0 amide bonds. The minimum atomic E-state index is -0.461. The van der Waals surface area contributed by atoms with Crippen LogP contribution in [0, 0.1) is 0 Å². The lowest BCUT2D eigenvalue weighted by Crippen LogP contribution is -2.30. The number of hydrogen-bond donors (Lipinski definition) is 1. The van der Waals surface area contributed by atoms with E-state index in [-0.39, 0.29) is 6.54 Å². The Morgan fingerprint density at radius 1 is 1.14 bits per heavy atom. The lowest BCUT2D eigenvalue weighted by molar-refractivity contribution is 0.688. The first-order chi connectivity index (χ1) is 10.1. The molecule has 0 bridgehead atoms. The van der Waals surface area contributed by atoms with Gasteiger partial charge in [0.2, 0.25) is 0 Å². The highest BCUT2D eigenvalue weighted by atomic mass is 79.9. The van der Waals surface area contributed by atoms with Gasteiger partial charge >= 0.3 is 5.69 Å². The van der Waals surface area contributed by atoms with Crippen molar-refractivity contribution in [2.75, 3.05) is 0 Å². The molecule has 2 heterocycles. The third-order valence-corrected chi connectivity index (χ3v) is 3.53. The van der Waals surface area contributed by atoms with Crippen LogP contribution in [0.1, 0.15) is 5.69 Å². The zero-order valence-electron chi connectivity index (χ0n) is 10.9. The third kappa shape index (κ3) is 2.87. The average Bonchev–Trinajstić information content (AvgIpc) is 2.94. The Morgan fingerprint density at radius 3 is 2.67 bits per heavy atom. The van der Waals surface area contributed by atoms with Crippen LogP contribution in [0.4, 0.5) is 0 Å². The summed E-state index contributed by atoms with van der Waals surface area (Å²) in [6.07, 6.45) is 3.29. The Labute approximate surface area is 127 Å². The molecule has 1 aromatic carbocycles. The maximum atomic E-state index is 11.7. The van der Waals surface area contributed by atoms with Crippen molar-refractivity contribution in [1.82, 2.24) is 19.3 Å². The molecular weight excluding hydrogens is 336 g/mol. The van der Waals surface area contributed by atoms with Crippen LogP contribution in [0.5, 0.6) is 0 Å². The van der Waals surface area contributed by atoms with E-state index in [1.807, 2.05) is 42.6 Å². The van der Waals surface area contributed by atoms with Gasteiger partial charge in [-0.2, -0.15) is 5.10 Å². The van der Waals surface area contributed by atoms with E-state index in [0.29, 0.717) is 4.47 Å². The SMILES string of the molecule is O=c1[nH]c(=O)n(Cc2ccn(-c3ccccc3)n2)cc1Br. The van der Waals surface area contributed by atoms with Gasteiger partial charge in [-0.05, 0) is 34.1 Å². The van der Waals surface area contributed by atoms with Crippen molar-refractivity contribution in [3.8, 4) is 5.69 Å². The fraction of sp³-hybridized carbons (Fsp3) is 0.0714. The Balaban J connectivity index is 1.90. The maximum Gasteiger partial charge on any atom is 0.328 e. The quantitative estimate of drug-likeness (QED) is 0.781. The van der Waals surface area contributed by atoms with Gasteiger partial charge in [-0.15, -0.1) is 0 Å². The molecule has 0 spiro atoms. The number of benzene rings is 1. The average molecular weight is 347 g/mol. The number of aromatic amines is 1. The first kappa shape index (κ1) is 13.6. The van der Waals surface area contributed by atoms with Crippen molar-refractivity contribution < 1.29 is 0 Å². The van der Waals surface area contributed by atoms with Crippen LogP contribution in [0.3, 0.4) is 0 Å². The van der Waals surface area contributed by atoms with Crippen LogP contribution in [-0.4, -0.2) is 19.3 Å². The zero-order chi connectivity index (χ0) is 14.8. The molecule has 3 aromatic rings. The number of para-hydroxylation sites is 1. The molecule has 0 atom stereocenters. The highest BCUT2D eigenvalue weighted by molar-refractivity contribution is 9.10. The monoisotopic (exact) mass is 346 g/mol. The Morgan fingerprint density at radius 2 is 1.90 bits per heavy atom. The number of rotatable bonds is 3. The van der Waals surface area contributed by atoms with Gasteiger partial charge in [0.1, 0.15) is 0 Å². The molecule has 0 aliphatic carbocycles. The fourth-order valence-electron chi connectivity index (χ4n) is 1.95. The lowest BCUT2D eigenvalue weighted by Gasteiger charge is -2.03. The number of nitrogens with zero attached hydrogens (tertiary/aromatic N) is 3. The summed E-state index contributed by atoms with van der Waals surface area (Å²) in [6, 6.07) is 11.5. The van der Waals surface area contributed by atoms with Crippen LogP contribution in [-0.2, 0) is 6.54 Å². The van der Waals surface area contributed by atoms with E-state index in [2.05, 4.69) is 26.0 Å². The van der Waals surface area contributed by atoms with E-state index in [9.17, 15) is 9.59 Å². The number of H-pyrrole nitrogens is 1. The van der Waals surface area contributed by atoms with Gasteiger partial charge < -0.3 is 0 Å². The van der Waals surface area contributed by atoms with E-state index in [1.165, 1.54) is 10.8 Å². The molecule has 0 saturated carbocycles. The predicted octanol–water partition coefficient (Wildman–Crippen LogP) is 1.53. The minimum absolute atomic E-state index is 0.286. The number of aromatic nitrogens is 4. The zero-order valence-corrected chi connectivity index (χ0v) is 12.4. The molecule has 21 heavy (non-hydrogen) atoms. The highest BCUT2D eigenvalue weighted by Gasteiger charge is 2.06. The van der Waals surface area contributed by atoms with Crippen LogP contribution in [0.2, 0.25) is 0 Å². The van der Waals surface area contributed by atoms with Gasteiger partial charge in [0.15, 0.2) is 0 Å². The van der Waals surface area contributed by atoms with E-state index in [0.717, 1.165) is 11.4 Å². The second-order valence-corrected chi connectivity index (χ2v) is 5.31. The van der Waals surface area contributed by atoms with Crippen molar-refractivity contribution in [1.29, 1.82) is 0 Å². The Bertz CT molecular complexity index is 880. The first-order valence-electron chi connectivity index (χ1n) is 6.23. The van der Waals surface area contributed by atoms with Crippen LogP contribution < -0.4 is 11.2 Å². The molecule has 106 valence electrons. The van der Waals surface area contributed by atoms with Crippen molar-refractivity contribution in [2.24, 2.45) is 0 Å². The van der Waals surface area contributed by atoms with Crippen LogP contribution >= 0.6 is 15.9 Å². The second-order valence-electron chi connectivity index (χ2n) is 4.45. The molecule has 2 aromatic heterocycles. The molecule has 0 aliphatic heterocycles. The Kier molecular flexibility index (Phi) is 3.57. The summed E-state index contributed by atoms with van der Waals surface area (Å²) < 4.78 is 3.44. The largest absolute Gasteiger partial charge is 0.328 e. The molecule has 0 radical (unpaired) electrons. The molecule has 0 aliphatic rings. The summed E-state index contributed by atoms with van der Waals surface area (Å²) in [5, 5.41) is 4.42. The Hall–Kier alpha value is -2.41. The second kappa shape index (κ2) is 5.53. The molecule has 0 unspecified atom stereocenters. The predicted molar refractivity (Wildman–Crippen MR) is 81.7 cm³/mol. The molecular formula is C14H11BrN4O2. The van der Waals surface area contributed by atoms with Crippen molar-refractivity contribution in [2.45, 2.75) is 6.54 Å². The van der Waals surface area contributed by atoms with E-state index < -0.39 is 11.2 Å². The first-order valence-corrected chi connectivity index (χ1v) is 7.02. The van der Waals surface area contributed by atoms with Crippen molar-refractivity contribution >= 4 is 15.9 Å².